The maximum absolute atomic E-state index is 12.1. The average Bonchev–Trinajstić information content (AvgIpc) is 2.86. The van der Waals surface area contributed by atoms with Crippen LogP contribution in [0, 0.1) is 6.92 Å². The van der Waals surface area contributed by atoms with Gasteiger partial charge in [-0.25, -0.2) is 0 Å². The Morgan fingerprint density at radius 2 is 2.26 bits per heavy atom. The van der Waals surface area contributed by atoms with E-state index in [0.29, 0.717) is 18.1 Å². The van der Waals surface area contributed by atoms with Gasteiger partial charge in [0.15, 0.2) is 5.16 Å². The fourth-order valence-electron chi connectivity index (χ4n) is 2.14. The predicted molar refractivity (Wildman–Crippen MR) is 92.6 cm³/mol. The average molecular weight is 358 g/mol. The molecule has 0 radical (unpaired) electrons. The summed E-state index contributed by atoms with van der Waals surface area (Å²) in [5.41, 5.74) is 0. The Morgan fingerprint density at radius 1 is 1.52 bits per heavy atom. The Labute approximate surface area is 144 Å². The minimum absolute atomic E-state index is 0.0882. The van der Waals surface area contributed by atoms with Crippen LogP contribution in [-0.4, -0.2) is 55.4 Å². The van der Waals surface area contributed by atoms with Crippen molar-refractivity contribution in [1.29, 1.82) is 0 Å². The zero-order chi connectivity index (χ0) is 17.0. The van der Waals surface area contributed by atoms with Crippen LogP contribution < -0.4 is 10.6 Å². The van der Waals surface area contributed by atoms with E-state index in [9.17, 15) is 9.59 Å². The standard InChI is InChI=1S/C14H23N5O2S2/c1-5-19-9(2)17-18-13(19)22-7-6-15-11(20)10-8-23-14(3,4)12(21)16-10/h10H,5-8H2,1-4H3,(H,15,20)(H,16,21)/t10-/m0/s1. The highest BCUT2D eigenvalue weighted by atomic mass is 32.2. The van der Waals surface area contributed by atoms with Gasteiger partial charge in [0.25, 0.3) is 0 Å². The second kappa shape index (κ2) is 7.57. The van der Waals surface area contributed by atoms with Gasteiger partial charge in [-0.05, 0) is 27.7 Å². The fraction of sp³-hybridized carbons (Fsp3) is 0.714. The topological polar surface area (TPSA) is 88.9 Å². The van der Waals surface area contributed by atoms with Crippen LogP contribution >= 0.6 is 23.5 Å². The lowest BCUT2D eigenvalue weighted by molar-refractivity contribution is -0.129. The largest absolute Gasteiger partial charge is 0.353 e. The number of aryl methyl sites for hydroxylation is 1. The van der Waals surface area contributed by atoms with E-state index in [0.717, 1.165) is 17.5 Å². The lowest BCUT2D eigenvalue weighted by Crippen LogP contribution is -2.57. The van der Waals surface area contributed by atoms with Gasteiger partial charge in [-0.1, -0.05) is 11.8 Å². The lowest BCUT2D eigenvalue weighted by Gasteiger charge is -2.32. The molecule has 1 atom stereocenters. The maximum Gasteiger partial charge on any atom is 0.243 e. The number of hydrogen-bond donors (Lipinski definition) is 2. The van der Waals surface area contributed by atoms with E-state index in [4.69, 9.17) is 0 Å². The van der Waals surface area contributed by atoms with Crippen molar-refractivity contribution in [3.05, 3.63) is 5.82 Å². The molecule has 0 aromatic carbocycles. The molecule has 128 valence electrons. The molecule has 0 bridgehead atoms. The van der Waals surface area contributed by atoms with Crippen molar-refractivity contribution >= 4 is 35.3 Å². The minimum atomic E-state index is -0.464. The Kier molecular flexibility index (Phi) is 5.96. The van der Waals surface area contributed by atoms with Crippen molar-refractivity contribution in [3.8, 4) is 0 Å². The van der Waals surface area contributed by atoms with Gasteiger partial charge in [0, 0.05) is 24.6 Å². The Balaban J connectivity index is 1.74. The summed E-state index contributed by atoms with van der Waals surface area (Å²) < 4.78 is 1.57. The number of thioether (sulfide) groups is 2. The molecule has 1 aromatic rings. The van der Waals surface area contributed by atoms with Crippen LogP contribution in [0.3, 0.4) is 0 Å². The highest BCUT2D eigenvalue weighted by Gasteiger charge is 2.37. The first kappa shape index (κ1) is 18.1. The van der Waals surface area contributed by atoms with Crippen LogP contribution in [0.1, 0.15) is 26.6 Å². The molecule has 1 aromatic heterocycles. The molecule has 1 aliphatic rings. The first-order valence-corrected chi connectivity index (χ1v) is 9.57. The quantitative estimate of drug-likeness (QED) is 0.579. The van der Waals surface area contributed by atoms with E-state index >= 15 is 0 Å². The summed E-state index contributed by atoms with van der Waals surface area (Å²) in [4.78, 5) is 24.0. The van der Waals surface area contributed by atoms with Gasteiger partial charge in [-0.2, -0.15) is 0 Å². The van der Waals surface area contributed by atoms with Gasteiger partial charge < -0.3 is 15.2 Å². The number of rotatable bonds is 6. The van der Waals surface area contributed by atoms with E-state index in [2.05, 4.69) is 20.8 Å². The molecule has 1 fully saturated rings. The van der Waals surface area contributed by atoms with Gasteiger partial charge in [0.1, 0.15) is 11.9 Å². The smallest absolute Gasteiger partial charge is 0.243 e. The van der Waals surface area contributed by atoms with Crippen LogP contribution in [0.25, 0.3) is 0 Å². The van der Waals surface area contributed by atoms with Crippen molar-refractivity contribution in [1.82, 2.24) is 25.4 Å². The van der Waals surface area contributed by atoms with Crippen LogP contribution in [0.5, 0.6) is 0 Å². The third-order valence-corrected chi connectivity index (χ3v) is 6.01. The van der Waals surface area contributed by atoms with E-state index in [1.165, 1.54) is 11.8 Å². The number of hydrogen-bond acceptors (Lipinski definition) is 6. The fourth-order valence-corrected chi connectivity index (χ4v) is 4.05. The van der Waals surface area contributed by atoms with Crippen molar-refractivity contribution in [2.24, 2.45) is 0 Å². The second-order valence-electron chi connectivity index (χ2n) is 5.76. The molecular formula is C14H23N5O2S2. The normalized spacial score (nSPS) is 20.2. The lowest BCUT2D eigenvalue weighted by atomic mass is 10.1. The molecule has 2 N–H and O–H groups in total. The molecule has 23 heavy (non-hydrogen) atoms. The SMILES string of the molecule is CCn1c(C)nnc1SCCNC(=O)[C@@H]1CSC(C)(C)C(=O)N1. The summed E-state index contributed by atoms with van der Waals surface area (Å²) in [6.45, 7) is 9.06. The van der Waals surface area contributed by atoms with Gasteiger partial charge >= 0.3 is 0 Å². The summed E-state index contributed by atoms with van der Waals surface area (Å²) in [7, 11) is 0. The summed E-state index contributed by atoms with van der Waals surface area (Å²) in [5.74, 6) is 1.98. The number of nitrogens with one attached hydrogen (secondary N) is 2. The molecule has 2 rings (SSSR count). The van der Waals surface area contributed by atoms with Crippen LogP contribution in [-0.2, 0) is 16.1 Å². The molecule has 0 saturated carbocycles. The van der Waals surface area contributed by atoms with Gasteiger partial charge in [-0.15, -0.1) is 22.0 Å². The molecule has 2 amide bonds. The summed E-state index contributed by atoms with van der Waals surface area (Å²) in [5, 5.41) is 14.7. The third kappa shape index (κ3) is 4.41. The Bertz CT molecular complexity index is 588. The third-order valence-electron chi connectivity index (χ3n) is 3.63. The van der Waals surface area contributed by atoms with Crippen molar-refractivity contribution < 1.29 is 9.59 Å². The molecule has 0 spiro atoms. The maximum atomic E-state index is 12.1. The molecule has 1 aliphatic heterocycles. The van der Waals surface area contributed by atoms with Gasteiger partial charge in [0.05, 0.1) is 4.75 Å². The first-order valence-electron chi connectivity index (χ1n) is 7.60. The first-order chi connectivity index (χ1) is 10.8. The zero-order valence-electron chi connectivity index (χ0n) is 13.9. The Hall–Kier alpha value is -1.22. The monoisotopic (exact) mass is 357 g/mol. The number of nitrogens with zero attached hydrogens (tertiary/aromatic N) is 3. The highest BCUT2D eigenvalue weighted by molar-refractivity contribution is 8.01. The van der Waals surface area contributed by atoms with E-state index in [1.54, 1.807) is 11.8 Å². The van der Waals surface area contributed by atoms with Crippen molar-refractivity contribution in [2.45, 2.75) is 50.2 Å². The predicted octanol–water partition coefficient (Wildman–Crippen LogP) is 0.825. The molecule has 2 heterocycles. The molecule has 0 aliphatic carbocycles. The van der Waals surface area contributed by atoms with Crippen LogP contribution in [0.2, 0.25) is 0 Å². The number of amides is 2. The number of carbonyl (C=O) groups is 2. The Morgan fingerprint density at radius 3 is 2.91 bits per heavy atom. The molecule has 7 nitrogen and oxygen atoms in total. The molecule has 9 heteroatoms. The van der Waals surface area contributed by atoms with Gasteiger partial charge in [-0.3, -0.25) is 9.59 Å². The number of carbonyl (C=O) groups excluding carboxylic acids is 2. The highest BCUT2D eigenvalue weighted by Crippen LogP contribution is 2.28. The summed E-state index contributed by atoms with van der Waals surface area (Å²) >= 11 is 3.07. The zero-order valence-corrected chi connectivity index (χ0v) is 15.5. The minimum Gasteiger partial charge on any atom is -0.353 e. The van der Waals surface area contributed by atoms with Crippen LogP contribution in [0.4, 0.5) is 0 Å². The van der Waals surface area contributed by atoms with Crippen molar-refractivity contribution in [2.75, 3.05) is 18.1 Å². The molecular weight excluding hydrogens is 334 g/mol. The summed E-state index contributed by atoms with van der Waals surface area (Å²) in [6, 6.07) is -0.452. The molecule has 0 unspecified atom stereocenters. The van der Waals surface area contributed by atoms with Crippen LogP contribution in [0.15, 0.2) is 5.16 Å². The summed E-state index contributed by atoms with van der Waals surface area (Å²) in [6.07, 6.45) is 0. The van der Waals surface area contributed by atoms with Crippen molar-refractivity contribution in [3.63, 3.8) is 0 Å². The second-order valence-corrected chi connectivity index (χ2v) is 8.47. The number of aromatic nitrogens is 3. The van der Waals surface area contributed by atoms with Gasteiger partial charge in [0.2, 0.25) is 11.8 Å². The van der Waals surface area contributed by atoms with E-state index in [1.807, 2.05) is 32.3 Å². The molecule has 1 saturated heterocycles. The van der Waals surface area contributed by atoms with E-state index < -0.39 is 10.8 Å². The van der Waals surface area contributed by atoms with E-state index in [-0.39, 0.29) is 11.8 Å².